The van der Waals surface area contributed by atoms with Crippen molar-refractivity contribution >= 4 is 35.0 Å². The number of benzene rings is 1. The summed E-state index contributed by atoms with van der Waals surface area (Å²) in [5, 5.41) is 11.5. The van der Waals surface area contributed by atoms with Crippen LogP contribution in [0.2, 0.25) is 5.02 Å². The van der Waals surface area contributed by atoms with E-state index in [-0.39, 0.29) is 29.5 Å². The summed E-state index contributed by atoms with van der Waals surface area (Å²) in [5.41, 5.74) is -0.760. The van der Waals surface area contributed by atoms with E-state index in [2.05, 4.69) is 0 Å². The van der Waals surface area contributed by atoms with Gasteiger partial charge in [-0.2, -0.15) is 0 Å². The maximum Gasteiger partial charge on any atom is 0.410 e. The summed E-state index contributed by atoms with van der Waals surface area (Å²) in [7, 11) is 0. The number of anilines is 1. The Morgan fingerprint density at radius 3 is 2.56 bits per heavy atom. The van der Waals surface area contributed by atoms with Crippen LogP contribution in [-0.4, -0.2) is 46.6 Å². The van der Waals surface area contributed by atoms with Crippen LogP contribution in [0.25, 0.3) is 0 Å². The van der Waals surface area contributed by atoms with Crippen LogP contribution in [0.1, 0.15) is 27.7 Å². The number of hydrogen-bond acceptors (Lipinski definition) is 5. The molecule has 0 aliphatic carbocycles. The Hall–Kier alpha value is -2.35. The Kier molecular flexibility index (Phi) is 5.22. The molecule has 0 bridgehead atoms. The second kappa shape index (κ2) is 6.87. The molecule has 1 saturated heterocycles. The summed E-state index contributed by atoms with van der Waals surface area (Å²) in [6.07, 6.45) is -0.585. The molecule has 0 aromatic heterocycles. The van der Waals surface area contributed by atoms with Crippen LogP contribution in [0.15, 0.2) is 18.2 Å². The molecule has 25 heavy (non-hydrogen) atoms. The molecule has 1 heterocycles. The standard InChI is InChI=1S/C16H20ClN3O5/c1-10-8-18(15(22)25-16(2,3)4)9-14(21)19(10)12-6-5-11(17)7-13(12)20(23)24/h5-7,10H,8-9H2,1-4H3. The molecule has 9 heteroatoms. The van der Waals surface area contributed by atoms with E-state index in [0.29, 0.717) is 0 Å². The molecule has 1 aromatic rings. The van der Waals surface area contributed by atoms with E-state index in [4.69, 9.17) is 16.3 Å². The number of carbonyl (C=O) groups is 2. The number of amides is 2. The topological polar surface area (TPSA) is 93.0 Å². The Morgan fingerprint density at radius 2 is 2.04 bits per heavy atom. The molecule has 2 amide bonds. The number of ether oxygens (including phenoxy) is 1. The molecular formula is C16H20ClN3O5. The number of rotatable bonds is 2. The summed E-state index contributed by atoms with van der Waals surface area (Å²) < 4.78 is 5.28. The lowest BCUT2D eigenvalue weighted by molar-refractivity contribution is -0.384. The summed E-state index contributed by atoms with van der Waals surface area (Å²) in [6, 6.07) is 3.69. The second-order valence-corrected chi connectivity index (χ2v) is 7.30. The number of nitro benzene ring substituents is 1. The molecule has 1 aromatic carbocycles. The highest BCUT2D eigenvalue weighted by molar-refractivity contribution is 6.31. The first-order valence-corrected chi connectivity index (χ1v) is 8.11. The van der Waals surface area contributed by atoms with Gasteiger partial charge in [0.15, 0.2) is 0 Å². The first-order valence-electron chi connectivity index (χ1n) is 7.73. The van der Waals surface area contributed by atoms with Gasteiger partial charge in [0.05, 0.1) is 11.0 Å². The lowest BCUT2D eigenvalue weighted by Crippen LogP contribution is -2.57. The summed E-state index contributed by atoms with van der Waals surface area (Å²) in [5.74, 6) is -0.421. The Bertz CT molecular complexity index is 716. The number of carbonyl (C=O) groups excluding carboxylic acids is 2. The molecule has 1 aliphatic heterocycles. The smallest absolute Gasteiger partial charge is 0.410 e. The number of nitrogens with zero attached hydrogens (tertiary/aromatic N) is 3. The van der Waals surface area contributed by atoms with E-state index in [0.717, 1.165) is 0 Å². The van der Waals surface area contributed by atoms with Crippen molar-refractivity contribution in [2.24, 2.45) is 0 Å². The second-order valence-electron chi connectivity index (χ2n) is 6.86. The molecule has 8 nitrogen and oxygen atoms in total. The van der Waals surface area contributed by atoms with Gasteiger partial charge in [-0.05, 0) is 39.8 Å². The average molecular weight is 370 g/mol. The van der Waals surface area contributed by atoms with Crippen molar-refractivity contribution in [1.29, 1.82) is 0 Å². The summed E-state index contributed by atoms with van der Waals surface area (Å²) in [4.78, 5) is 38.1. The van der Waals surface area contributed by atoms with E-state index >= 15 is 0 Å². The molecule has 1 fully saturated rings. The third-order valence-electron chi connectivity index (χ3n) is 3.57. The van der Waals surface area contributed by atoms with Crippen molar-refractivity contribution < 1.29 is 19.2 Å². The quantitative estimate of drug-likeness (QED) is 0.589. The molecule has 1 aliphatic rings. The van der Waals surface area contributed by atoms with Crippen molar-refractivity contribution in [2.45, 2.75) is 39.3 Å². The van der Waals surface area contributed by atoms with Crippen LogP contribution in [0.4, 0.5) is 16.2 Å². The monoisotopic (exact) mass is 369 g/mol. The Balaban J connectivity index is 2.26. The SMILES string of the molecule is CC1CN(C(=O)OC(C)(C)C)CC(=O)N1c1ccc(Cl)cc1[N+](=O)[O-]. The molecule has 136 valence electrons. The maximum atomic E-state index is 12.6. The number of halogens is 1. The van der Waals surface area contributed by atoms with Crippen LogP contribution in [0.3, 0.4) is 0 Å². The average Bonchev–Trinajstić information content (AvgIpc) is 2.45. The van der Waals surface area contributed by atoms with Crippen LogP contribution >= 0.6 is 11.6 Å². The molecule has 0 saturated carbocycles. The van der Waals surface area contributed by atoms with Gasteiger partial charge in [0.2, 0.25) is 5.91 Å². The first-order chi connectivity index (χ1) is 11.5. The zero-order chi connectivity index (χ0) is 18.9. The van der Waals surface area contributed by atoms with Crippen LogP contribution in [0.5, 0.6) is 0 Å². The Morgan fingerprint density at radius 1 is 1.40 bits per heavy atom. The lowest BCUT2D eigenvalue weighted by Gasteiger charge is -2.39. The maximum absolute atomic E-state index is 12.6. The minimum Gasteiger partial charge on any atom is -0.444 e. The highest BCUT2D eigenvalue weighted by Crippen LogP contribution is 2.33. The third kappa shape index (κ3) is 4.39. The van der Waals surface area contributed by atoms with Gasteiger partial charge >= 0.3 is 6.09 Å². The van der Waals surface area contributed by atoms with E-state index < -0.39 is 28.6 Å². The number of nitro groups is 1. The number of hydrogen-bond donors (Lipinski definition) is 0. The largest absolute Gasteiger partial charge is 0.444 e. The third-order valence-corrected chi connectivity index (χ3v) is 3.80. The van der Waals surface area contributed by atoms with Crippen molar-refractivity contribution in [1.82, 2.24) is 4.90 Å². The van der Waals surface area contributed by atoms with Gasteiger partial charge in [-0.25, -0.2) is 4.79 Å². The van der Waals surface area contributed by atoms with E-state index in [1.54, 1.807) is 27.7 Å². The van der Waals surface area contributed by atoms with Crippen molar-refractivity contribution in [3.63, 3.8) is 0 Å². The van der Waals surface area contributed by atoms with Crippen molar-refractivity contribution in [3.05, 3.63) is 33.3 Å². The molecule has 0 N–H and O–H groups in total. The molecule has 0 spiro atoms. The fourth-order valence-corrected chi connectivity index (χ4v) is 2.80. The zero-order valence-corrected chi connectivity index (χ0v) is 15.2. The fraction of sp³-hybridized carbons (Fsp3) is 0.500. The minimum absolute atomic E-state index is 0.163. The fourth-order valence-electron chi connectivity index (χ4n) is 2.63. The molecule has 1 unspecified atom stereocenters. The van der Waals surface area contributed by atoms with Crippen molar-refractivity contribution in [3.8, 4) is 0 Å². The predicted molar refractivity (Wildman–Crippen MR) is 92.9 cm³/mol. The molecule has 0 radical (unpaired) electrons. The van der Waals surface area contributed by atoms with Crippen molar-refractivity contribution in [2.75, 3.05) is 18.0 Å². The van der Waals surface area contributed by atoms with Gasteiger partial charge in [-0.3, -0.25) is 19.8 Å². The van der Waals surface area contributed by atoms with E-state index in [1.165, 1.54) is 28.0 Å². The van der Waals surface area contributed by atoms with Gasteiger partial charge < -0.3 is 9.64 Å². The number of piperazine rings is 1. The van der Waals surface area contributed by atoms with Gasteiger partial charge in [0, 0.05) is 17.6 Å². The van der Waals surface area contributed by atoms with Crippen LogP contribution in [-0.2, 0) is 9.53 Å². The van der Waals surface area contributed by atoms with Gasteiger partial charge in [0.1, 0.15) is 17.8 Å². The van der Waals surface area contributed by atoms with Crippen LogP contribution in [0, 0.1) is 10.1 Å². The van der Waals surface area contributed by atoms with Gasteiger partial charge in [-0.1, -0.05) is 11.6 Å². The summed E-state index contributed by atoms with van der Waals surface area (Å²) >= 11 is 5.82. The van der Waals surface area contributed by atoms with E-state index in [1.807, 2.05) is 0 Å². The highest BCUT2D eigenvalue weighted by atomic mass is 35.5. The first kappa shape index (κ1) is 19.0. The highest BCUT2D eigenvalue weighted by Gasteiger charge is 2.37. The van der Waals surface area contributed by atoms with E-state index in [9.17, 15) is 19.7 Å². The Labute approximate surface area is 150 Å². The lowest BCUT2D eigenvalue weighted by atomic mass is 10.1. The minimum atomic E-state index is -0.671. The van der Waals surface area contributed by atoms with Gasteiger partial charge in [0.25, 0.3) is 5.69 Å². The normalized spacial score (nSPS) is 18.3. The zero-order valence-electron chi connectivity index (χ0n) is 14.5. The predicted octanol–water partition coefficient (Wildman–Crippen LogP) is 3.22. The summed E-state index contributed by atoms with van der Waals surface area (Å²) in [6.45, 7) is 6.93. The molecule has 2 rings (SSSR count). The van der Waals surface area contributed by atoms with Crippen LogP contribution < -0.4 is 4.90 Å². The molecular weight excluding hydrogens is 350 g/mol. The van der Waals surface area contributed by atoms with Gasteiger partial charge in [-0.15, -0.1) is 0 Å². The molecule has 1 atom stereocenters.